The summed E-state index contributed by atoms with van der Waals surface area (Å²) in [6.07, 6.45) is 1.19. The lowest BCUT2D eigenvalue weighted by atomic mass is 10.1. The summed E-state index contributed by atoms with van der Waals surface area (Å²) in [6, 6.07) is 4.99. The second kappa shape index (κ2) is 7.00. The predicted molar refractivity (Wildman–Crippen MR) is 81.4 cm³/mol. The highest BCUT2D eigenvalue weighted by atomic mass is 19.1. The predicted octanol–water partition coefficient (Wildman–Crippen LogP) is 1.74. The molecule has 1 atom stereocenters. The van der Waals surface area contributed by atoms with E-state index in [1.54, 1.807) is 12.1 Å². The minimum atomic E-state index is -0.604. The van der Waals surface area contributed by atoms with Gasteiger partial charge in [0, 0.05) is 30.3 Å². The molecule has 1 unspecified atom stereocenters. The maximum Gasteiger partial charge on any atom is 0.248 e. The minimum absolute atomic E-state index is 0.208. The van der Waals surface area contributed by atoms with Crippen molar-refractivity contribution < 1.29 is 9.18 Å². The molecule has 0 bridgehead atoms. The van der Waals surface area contributed by atoms with Gasteiger partial charge in [-0.25, -0.2) is 4.39 Å². The Bertz CT molecular complexity index is 504. The Balaban J connectivity index is 1.80. The number of likely N-dealkylation sites (tertiary alicyclic amines) is 1. The van der Waals surface area contributed by atoms with Gasteiger partial charge in [-0.3, -0.25) is 4.79 Å². The largest absolute Gasteiger partial charge is 0.366 e. The van der Waals surface area contributed by atoms with E-state index in [0.717, 1.165) is 19.6 Å². The summed E-state index contributed by atoms with van der Waals surface area (Å²) in [5, 5.41) is 3.31. The third-order valence-electron chi connectivity index (χ3n) is 4.13. The molecule has 0 aromatic heterocycles. The van der Waals surface area contributed by atoms with Crippen LogP contribution in [0.3, 0.4) is 0 Å². The summed E-state index contributed by atoms with van der Waals surface area (Å²) >= 11 is 0. The van der Waals surface area contributed by atoms with Gasteiger partial charge in [-0.05, 0) is 51.4 Å². The monoisotopic (exact) mass is 293 g/mol. The Labute approximate surface area is 125 Å². The van der Waals surface area contributed by atoms with Crippen molar-refractivity contribution in [3.63, 3.8) is 0 Å². The third kappa shape index (κ3) is 4.25. The van der Waals surface area contributed by atoms with E-state index in [4.69, 9.17) is 5.73 Å². The van der Waals surface area contributed by atoms with Crippen LogP contribution >= 0.6 is 0 Å². The van der Waals surface area contributed by atoms with Crippen molar-refractivity contribution in [3.8, 4) is 0 Å². The Morgan fingerprint density at radius 1 is 1.52 bits per heavy atom. The van der Waals surface area contributed by atoms with Gasteiger partial charge in [0.25, 0.3) is 0 Å². The van der Waals surface area contributed by atoms with E-state index in [0.29, 0.717) is 24.1 Å². The molecule has 0 radical (unpaired) electrons. The van der Waals surface area contributed by atoms with Crippen LogP contribution in [-0.2, 0) is 6.54 Å². The first kappa shape index (κ1) is 15.9. The summed E-state index contributed by atoms with van der Waals surface area (Å²) < 4.78 is 13.8. The molecule has 3 N–H and O–H groups in total. The van der Waals surface area contributed by atoms with E-state index in [1.807, 2.05) is 0 Å². The van der Waals surface area contributed by atoms with Crippen molar-refractivity contribution in [1.82, 2.24) is 10.2 Å². The van der Waals surface area contributed by atoms with Crippen LogP contribution in [0, 0.1) is 11.7 Å². The average molecular weight is 293 g/mol. The number of primary amides is 1. The van der Waals surface area contributed by atoms with Gasteiger partial charge >= 0.3 is 0 Å². The molecule has 1 aliphatic heterocycles. The van der Waals surface area contributed by atoms with Crippen molar-refractivity contribution in [1.29, 1.82) is 0 Å². The molecule has 1 saturated heterocycles. The number of amides is 1. The first-order valence-corrected chi connectivity index (χ1v) is 7.50. The summed E-state index contributed by atoms with van der Waals surface area (Å²) in [5.41, 5.74) is 5.90. The van der Waals surface area contributed by atoms with Gasteiger partial charge in [-0.2, -0.15) is 0 Å². The van der Waals surface area contributed by atoms with Crippen LogP contribution < -0.4 is 11.1 Å². The van der Waals surface area contributed by atoms with Crippen LogP contribution in [0.4, 0.5) is 4.39 Å². The number of nitrogens with two attached hydrogens (primary N) is 1. The van der Waals surface area contributed by atoms with Crippen molar-refractivity contribution in [2.75, 3.05) is 19.6 Å². The van der Waals surface area contributed by atoms with Crippen molar-refractivity contribution in [2.24, 2.45) is 11.7 Å². The second-order valence-electron chi connectivity index (χ2n) is 6.04. The van der Waals surface area contributed by atoms with E-state index in [2.05, 4.69) is 24.1 Å². The van der Waals surface area contributed by atoms with E-state index >= 15 is 0 Å². The second-order valence-corrected chi connectivity index (χ2v) is 6.04. The van der Waals surface area contributed by atoms with Gasteiger partial charge < -0.3 is 16.0 Å². The number of hydrogen-bond acceptors (Lipinski definition) is 3. The van der Waals surface area contributed by atoms with Crippen LogP contribution in [0.1, 0.15) is 36.2 Å². The van der Waals surface area contributed by atoms with E-state index < -0.39 is 5.91 Å². The smallest absolute Gasteiger partial charge is 0.248 e. The highest BCUT2D eigenvalue weighted by Crippen LogP contribution is 2.18. The molecule has 2 rings (SSSR count). The lowest BCUT2D eigenvalue weighted by Crippen LogP contribution is -2.30. The van der Waals surface area contributed by atoms with Gasteiger partial charge in [0.2, 0.25) is 5.91 Å². The maximum atomic E-state index is 13.8. The van der Waals surface area contributed by atoms with Gasteiger partial charge in [-0.1, -0.05) is 6.07 Å². The summed E-state index contributed by atoms with van der Waals surface area (Å²) in [4.78, 5) is 13.4. The van der Waals surface area contributed by atoms with Crippen molar-refractivity contribution in [2.45, 2.75) is 32.9 Å². The topological polar surface area (TPSA) is 58.4 Å². The number of nitrogens with one attached hydrogen (secondary N) is 1. The zero-order chi connectivity index (χ0) is 15.4. The number of halogens is 1. The normalized spacial score (nSPS) is 19.3. The minimum Gasteiger partial charge on any atom is -0.366 e. The Morgan fingerprint density at radius 2 is 2.29 bits per heavy atom. The molecule has 0 aliphatic carbocycles. The van der Waals surface area contributed by atoms with Crippen molar-refractivity contribution >= 4 is 5.91 Å². The molecule has 1 amide bonds. The van der Waals surface area contributed by atoms with Gasteiger partial charge in [0.05, 0.1) is 0 Å². The Morgan fingerprint density at radius 3 is 2.86 bits per heavy atom. The van der Waals surface area contributed by atoms with Crippen LogP contribution in [-0.4, -0.2) is 36.5 Å². The number of benzene rings is 1. The van der Waals surface area contributed by atoms with E-state index in [1.165, 1.54) is 12.5 Å². The third-order valence-corrected chi connectivity index (χ3v) is 4.13. The lowest BCUT2D eigenvalue weighted by Gasteiger charge is -2.20. The molecule has 1 heterocycles. The molecular weight excluding hydrogens is 269 g/mol. The Kier molecular flexibility index (Phi) is 5.31. The zero-order valence-corrected chi connectivity index (χ0v) is 12.7. The fourth-order valence-corrected chi connectivity index (χ4v) is 2.75. The van der Waals surface area contributed by atoms with Gasteiger partial charge in [0.1, 0.15) is 5.82 Å². The van der Waals surface area contributed by atoms with Gasteiger partial charge in [-0.15, -0.1) is 0 Å². The molecule has 0 spiro atoms. The zero-order valence-electron chi connectivity index (χ0n) is 12.7. The Hall–Kier alpha value is -1.46. The molecule has 4 nitrogen and oxygen atoms in total. The van der Waals surface area contributed by atoms with E-state index in [-0.39, 0.29) is 11.4 Å². The van der Waals surface area contributed by atoms with E-state index in [9.17, 15) is 9.18 Å². The SMILES string of the molecule is CC(C)N1CCC(CNCc2ccc(C(N)=O)cc2F)C1. The molecule has 5 heteroatoms. The first-order valence-electron chi connectivity index (χ1n) is 7.50. The fourth-order valence-electron chi connectivity index (χ4n) is 2.75. The molecule has 0 saturated carbocycles. The summed E-state index contributed by atoms with van der Waals surface area (Å²) in [7, 11) is 0. The molecular formula is C16H24FN3O. The lowest BCUT2D eigenvalue weighted by molar-refractivity contribution is 0.1000. The van der Waals surface area contributed by atoms with Crippen LogP contribution in [0.25, 0.3) is 0 Å². The molecule has 1 aliphatic rings. The molecule has 116 valence electrons. The number of rotatable bonds is 6. The fraction of sp³-hybridized carbons (Fsp3) is 0.562. The van der Waals surface area contributed by atoms with Crippen LogP contribution in [0.5, 0.6) is 0 Å². The maximum absolute atomic E-state index is 13.8. The molecule has 21 heavy (non-hydrogen) atoms. The van der Waals surface area contributed by atoms with Gasteiger partial charge in [0.15, 0.2) is 0 Å². The molecule has 1 aromatic rings. The summed E-state index contributed by atoms with van der Waals surface area (Å²) in [5.74, 6) is -0.359. The average Bonchev–Trinajstić information content (AvgIpc) is 2.89. The molecule has 1 fully saturated rings. The quantitative estimate of drug-likeness (QED) is 0.840. The number of carbonyl (C=O) groups is 1. The molecule has 1 aromatic carbocycles. The van der Waals surface area contributed by atoms with Crippen LogP contribution in [0.2, 0.25) is 0 Å². The summed E-state index contributed by atoms with van der Waals surface area (Å²) in [6.45, 7) is 8.04. The highest BCUT2D eigenvalue weighted by Gasteiger charge is 2.23. The van der Waals surface area contributed by atoms with Crippen LogP contribution in [0.15, 0.2) is 18.2 Å². The first-order chi connectivity index (χ1) is 9.97. The number of carbonyl (C=O) groups excluding carboxylic acids is 1. The standard InChI is InChI=1S/C16H24FN3O/c1-11(2)20-6-5-12(10-20)8-19-9-14-4-3-13(16(18)21)7-15(14)17/h3-4,7,11-12,19H,5-6,8-10H2,1-2H3,(H2,18,21). The van der Waals surface area contributed by atoms with Crippen molar-refractivity contribution in [3.05, 3.63) is 35.1 Å². The number of hydrogen-bond donors (Lipinski definition) is 2. The highest BCUT2D eigenvalue weighted by molar-refractivity contribution is 5.92. The number of nitrogens with zero attached hydrogens (tertiary/aromatic N) is 1.